The van der Waals surface area contributed by atoms with Gasteiger partial charge in [-0.1, -0.05) is 6.92 Å². The Morgan fingerprint density at radius 1 is 1.50 bits per heavy atom. The van der Waals surface area contributed by atoms with E-state index in [-0.39, 0.29) is 0 Å². The first-order valence-corrected chi connectivity index (χ1v) is 4.92. The molecule has 1 unspecified atom stereocenters. The first-order valence-electron chi connectivity index (χ1n) is 4.92. The summed E-state index contributed by atoms with van der Waals surface area (Å²) in [6.45, 7) is 3.85. The lowest BCUT2D eigenvalue weighted by atomic mass is 10.1. The van der Waals surface area contributed by atoms with E-state index in [1.165, 1.54) is 12.8 Å². The van der Waals surface area contributed by atoms with Gasteiger partial charge >= 0.3 is 0 Å². The van der Waals surface area contributed by atoms with Crippen LogP contribution in [0.5, 0.6) is 0 Å². The van der Waals surface area contributed by atoms with Crippen molar-refractivity contribution >= 4 is 0 Å². The molecule has 1 aliphatic carbocycles. The van der Waals surface area contributed by atoms with E-state index in [1.807, 2.05) is 0 Å². The average molecular weight is 172 g/mol. The van der Waals surface area contributed by atoms with Crippen LogP contribution >= 0.6 is 0 Å². The van der Waals surface area contributed by atoms with Gasteiger partial charge in [0.15, 0.2) is 0 Å². The van der Waals surface area contributed by atoms with Gasteiger partial charge in [-0.25, -0.2) is 0 Å². The molecule has 1 rings (SSSR count). The van der Waals surface area contributed by atoms with Crippen molar-refractivity contribution in [2.45, 2.75) is 38.6 Å². The van der Waals surface area contributed by atoms with Crippen LogP contribution in [0.1, 0.15) is 32.6 Å². The summed E-state index contributed by atoms with van der Waals surface area (Å²) < 4.78 is 5.40. The number of nitrogens with one attached hydrogen (secondary N) is 1. The molecule has 0 aromatic heterocycles. The third-order valence-electron chi connectivity index (χ3n) is 2.33. The molecule has 0 saturated heterocycles. The van der Waals surface area contributed by atoms with E-state index < -0.39 is 0 Å². The molecule has 3 nitrogen and oxygen atoms in total. The maximum absolute atomic E-state index is 5.42. The Bertz CT molecular complexity index is 115. The second-order valence-electron chi connectivity index (χ2n) is 3.51. The van der Waals surface area contributed by atoms with Crippen molar-refractivity contribution in [3.63, 3.8) is 0 Å². The van der Waals surface area contributed by atoms with Crippen LogP contribution < -0.4 is 11.3 Å². The van der Waals surface area contributed by atoms with Crippen molar-refractivity contribution in [2.24, 2.45) is 11.8 Å². The molecule has 1 aliphatic rings. The zero-order valence-electron chi connectivity index (χ0n) is 7.88. The Morgan fingerprint density at radius 3 is 2.75 bits per heavy atom. The number of hydrogen-bond donors (Lipinski definition) is 2. The standard InChI is InChI=1S/C9H20N2O/c1-2-6-12-7-5-9(11-10)8-3-4-8/h8-9,11H,2-7,10H2,1H3. The Hall–Kier alpha value is -0.120. The molecule has 0 spiro atoms. The minimum Gasteiger partial charge on any atom is -0.381 e. The highest BCUT2D eigenvalue weighted by atomic mass is 16.5. The van der Waals surface area contributed by atoms with Crippen LogP contribution in [0.3, 0.4) is 0 Å². The van der Waals surface area contributed by atoms with Gasteiger partial charge in [0.05, 0.1) is 0 Å². The molecule has 1 saturated carbocycles. The van der Waals surface area contributed by atoms with Gasteiger partial charge in [0.1, 0.15) is 0 Å². The Kier molecular flexibility index (Phi) is 4.58. The molecule has 1 fully saturated rings. The fourth-order valence-corrected chi connectivity index (χ4v) is 1.41. The third-order valence-corrected chi connectivity index (χ3v) is 2.33. The van der Waals surface area contributed by atoms with E-state index in [0.717, 1.165) is 32.0 Å². The molecule has 1 atom stereocenters. The quantitative estimate of drug-likeness (QED) is 0.343. The van der Waals surface area contributed by atoms with E-state index in [1.54, 1.807) is 0 Å². The first-order chi connectivity index (χ1) is 5.88. The van der Waals surface area contributed by atoms with Crippen LogP contribution in [0, 0.1) is 5.92 Å². The number of hydrogen-bond acceptors (Lipinski definition) is 3. The summed E-state index contributed by atoms with van der Waals surface area (Å²) >= 11 is 0. The molecular formula is C9H20N2O. The fourth-order valence-electron chi connectivity index (χ4n) is 1.41. The zero-order chi connectivity index (χ0) is 8.81. The van der Waals surface area contributed by atoms with Crippen LogP contribution in [-0.2, 0) is 4.74 Å². The SMILES string of the molecule is CCCOCCC(NN)C1CC1. The Balaban J connectivity index is 1.95. The summed E-state index contributed by atoms with van der Waals surface area (Å²) in [7, 11) is 0. The summed E-state index contributed by atoms with van der Waals surface area (Å²) in [5.74, 6) is 6.24. The molecule has 0 radical (unpaired) electrons. The number of hydrazine groups is 1. The number of nitrogens with two attached hydrogens (primary N) is 1. The fraction of sp³-hybridized carbons (Fsp3) is 1.00. The Labute approximate surface area is 74.6 Å². The second kappa shape index (κ2) is 5.51. The molecule has 0 aliphatic heterocycles. The van der Waals surface area contributed by atoms with Crippen molar-refractivity contribution < 1.29 is 4.74 Å². The van der Waals surface area contributed by atoms with Gasteiger partial charge in [-0.2, -0.15) is 0 Å². The van der Waals surface area contributed by atoms with Gasteiger partial charge < -0.3 is 4.74 Å². The molecule has 3 heteroatoms. The van der Waals surface area contributed by atoms with Gasteiger partial charge in [-0.15, -0.1) is 0 Å². The van der Waals surface area contributed by atoms with Crippen molar-refractivity contribution in [1.29, 1.82) is 0 Å². The highest BCUT2D eigenvalue weighted by molar-refractivity contribution is 4.84. The van der Waals surface area contributed by atoms with Crippen molar-refractivity contribution in [3.05, 3.63) is 0 Å². The van der Waals surface area contributed by atoms with Crippen molar-refractivity contribution in [2.75, 3.05) is 13.2 Å². The normalized spacial score (nSPS) is 19.5. The smallest absolute Gasteiger partial charge is 0.0481 e. The first kappa shape index (κ1) is 9.96. The van der Waals surface area contributed by atoms with Gasteiger partial charge in [0, 0.05) is 19.3 Å². The maximum atomic E-state index is 5.42. The molecule has 12 heavy (non-hydrogen) atoms. The van der Waals surface area contributed by atoms with E-state index in [0.29, 0.717) is 6.04 Å². The summed E-state index contributed by atoms with van der Waals surface area (Å²) in [6, 6.07) is 0.488. The lowest BCUT2D eigenvalue weighted by Gasteiger charge is -2.14. The van der Waals surface area contributed by atoms with E-state index in [2.05, 4.69) is 12.3 Å². The van der Waals surface area contributed by atoms with Gasteiger partial charge in [0.2, 0.25) is 0 Å². The largest absolute Gasteiger partial charge is 0.381 e. The molecule has 0 aromatic carbocycles. The predicted molar refractivity (Wildman–Crippen MR) is 49.6 cm³/mol. The third kappa shape index (κ3) is 3.52. The molecule has 0 aromatic rings. The summed E-state index contributed by atoms with van der Waals surface area (Å²) in [5.41, 5.74) is 2.86. The lowest BCUT2D eigenvalue weighted by Crippen LogP contribution is -2.37. The van der Waals surface area contributed by atoms with Gasteiger partial charge in [0.25, 0.3) is 0 Å². The van der Waals surface area contributed by atoms with Crippen LogP contribution in [0.2, 0.25) is 0 Å². The minimum absolute atomic E-state index is 0.488. The summed E-state index contributed by atoms with van der Waals surface area (Å²) in [4.78, 5) is 0. The number of rotatable bonds is 7. The van der Waals surface area contributed by atoms with Gasteiger partial charge in [-0.3, -0.25) is 11.3 Å². The second-order valence-corrected chi connectivity index (χ2v) is 3.51. The topological polar surface area (TPSA) is 47.3 Å². The zero-order valence-corrected chi connectivity index (χ0v) is 7.88. The highest BCUT2D eigenvalue weighted by Gasteiger charge is 2.29. The maximum Gasteiger partial charge on any atom is 0.0481 e. The predicted octanol–water partition coefficient (Wildman–Crippen LogP) is 1.04. The molecule has 72 valence electrons. The summed E-state index contributed by atoms with van der Waals surface area (Å²) in [5, 5.41) is 0. The average Bonchev–Trinajstić information content (AvgIpc) is 2.88. The van der Waals surface area contributed by atoms with E-state index in [9.17, 15) is 0 Å². The molecule has 0 heterocycles. The Morgan fingerprint density at radius 2 is 2.25 bits per heavy atom. The molecule has 0 amide bonds. The van der Waals surface area contributed by atoms with Crippen molar-refractivity contribution in [1.82, 2.24) is 5.43 Å². The molecule has 0 bridgehead atoms. The highest BCUT2D eigenvalue weighted by Crippen LogP contribution is 2.33. The van der Waals surface area contributed by atoms with Crippen LogP contribution in [0.15, 0.2) is 0 Å². The van der Waals surface area contributed by atoms with Crippen molar-refractivity contribution in [3.8, 4) is 0 Å². The number of ether oxygens (including phenoxy) is 1. The van der Waals surface area contributed by atoms with E-state index in [4.69, 9.17) is 10.6 Å². The van der Waals surface area contributed by atoms with Gasteiger partial charge in [-0.05, 0) is 31.6 Å². The van der Waals surface area contributed by atoms with Crippen LogP contribution in [0.25, 0.3) is 0 Å². The molecular weight excluding hydrogens is 152 g/mol. The van der Waals surface area contributed by atoms with Crippen LogP contribution in [-0.4, -0.2) is 19.3 Å². The minimum atomic E-state index is 0.488. The summed E-state index contributed by atoms with van der Waals surface area (Å²) in [6.07, 6.45) is 4.83. The molecule has 3 N–H and O–H groups in total. The van der Waals surface area contributed by atoms with E-state index >= 15 is 0 Å². The van der Waals surface area contributed by atoms with Crippen LogP contribution in [0.4, 0.5) is 0 Å². The lowest BCUT2D eigenvalue weighted by molar-refractivity contribution is 0.122. The monoisotopic (exact) mass is 172 g/mol.